The minimum atomic E-state index is -1.01. The topological polar surface area (TPSA) is 55.4 Å². The van der Waals surface area contributed by atoms with Gasteiger partial charge in [-0.1, -0.05) is 30.3 Å². The summed E-state index contributed by atoms with van der Waals surface area (Å²) in [5.74, 6) is -0.706. The molecule has 1 aliphatic rings. The van der Waals surface area contributed by atoms with Crippen molar-refractivity contribution in [2.75, 3.05) is 0 Å². The van der Waals surface area contributed by atoms with E-state index in [9.17, 15) is 9.59 Å². The summed E-state index contributed by atoms with van der Waals surface area (Å²) in [5.41, 5.74) is -0.611. The molecule has 0 saturated carbocycles. The maximum Gasteiger partial charge on any atom is 0.332 e. The molecule has 1 heterocycles. The molecule has 1 amide bonds. The van der Waals surface area contributed by atoms with Gasteiger partial charge in [0.1, 0.15) is 11.1 Å². The fourth-order valence-corrected chi connectivity index (χ4v) is 2.53. The predicted molar refractivity (Wildman–Crippen MR) is 76.2 cm³/mol. The lowest BCUT2D eigenvalue weighted by Gasteiger charge is -2.32. The standard InChI is InChI=1S/C16H21NO3/c1-15(2,3)20-14(19)16(4)12(10-13(18)17-16)11-8-6-5-7-9-11/h5-9,12H,10H2,1-4H3,(H,17,18)/t12-,16-/m0/s1. The molecule has 0 bridgehead atoms. The third kappa shape index (κ3) is 2.84. The molecule has 0 aromatic heterocycles. The average Bonchev–Trinajstić information content (AvgIpc) is 2.65. The molecule has 1 aromatic rings. The van der Waals surface area contributed by atoms with Crippen molar-refractivity contribution in [3.8, 4) is 0 Å². The number of nitrogens with one attached hydrogen (secondary N) is 1. The molecule has 0 spiro atoms. The Morgan fingerprint density at radius 2 is 1.90 bits per heavy atom. The highest BCUT2D eigenvalue weighted by Gasteiger charge is 2.51. The van der Waals surface area contributed by atoms with Crippen LogP contribution in [0.3, 0.4) is 0 Å². The van der Waals surface area contributed by atoms with Gasteiger partial charge < -0.3 is 10.1 Å². The maximum atomic E-state index is 12.5. The molecule has 0 unspecified atom stereocenters. The molecule has 108 valence electrons. The van der Waals surface area contributed by atoms with Crippen molar-refractivity contribution in [1.29, 1.82) is 0 Å². The Labute approximate surface area is 119 Å². The number of benzene rings is 1. The number of carbonyl (C=O) groups is 2. The second-order valence-corrected chi connectivity index (χ2v) is 6.42. The summed E-state index contributed by atoms with van der Waals surface area (Å²) in [7, 11) is 0. The SMILES string of the molecule is CC(C)(C)OC(=O)[C@@]1(C)NC(=O)C[C@H]1c1ccccc1. The molecular formula is C16H21NO3. The number of hydrogen-bond donors (Lipinski definition) is 1. The Bertz CT molecular complexity index is 518. The van der Waals surface area contributed by atoms with E-state index in [1.54, 1.807) is 6.92 Å². The predicted octanol–water partition coefficient (Wildman–Crippen LogP) is 2.39. The van der Waals surface area contributed by atoms with Gasteiger partial charge >= 0.3 is 5.97 Å². The minimum absolute atomic E-state index is 0.118. The number of esters is 1. The summed E-state index contributed by atoms with van der Waals surface area (Å²) in [5, 5.41) is 2.79. The highest BCUT2D eigenvalue weighted by Crippen LogP contribution is 2.37. The summed E-state index contributed by atoms with van der Waals surface area (Å²) in [6.07, 6.45) is 0.305. The van der Waals surface area contributed by atoms with Gasteiger partial charge in [0, 0.05) is 12.3 Å². The molecule has 0 aliphatic carbocycles. The molecule has 1 aliphatic heterocycles. The highest BCUT2D eigenvalue weighted by atomic mass is 16.6. The first-order valence-corrected chi connectivity index (χ1v) is 6.82. The van der Waals surface area contributed by atoms with Crippen molar-refractivity contribution in [3.63, 3.8) is 0 Å². The molecule has 4 heteroatoms. The van der Waals surface area contributed by atoms with Gasteiger partial charge in [0.25, 0.3) is 0 Å². The van der Waals surface area contributed by atoms with Crippen molar-refractivity contribution in [3.05, 3.63) is 35.9 Å². The van der Waals surface area contributed by atoms with E-state index >= 15 is 0 Å². The van der Waals surface area contributed by atoms with Crippen LogP contribution in [0.25, 0.3) is 0 Å². The van der Waals surface area contributed by atoms with Crippen molar-refractivity contribution in [1.82, 2.24) is 5.32 Å². The van der Waals surface area contributed by atoms with E-state index in [0.29, 0.717) is 6.42 Å². The van der Waals surface area contributed by atoms with E-state index < -0.39 is 11.1 Å². The second kappa shape index (κ2) is 4.93. The lowest BCUT2D eigenvalue weighted by Crippen LogP contribution is -2.52. The maximum absolute atomic E-state index is 12.5. The quantitative estimate of drug-likeness (QED) is 0.843. The van der Waals surface area contributed by atoms with Crippen LogP contribution in [0, 0.1) is 0 Å². The van der Waals surface area contributed by atoms with E-state index in [1.807, 2.05) is 51.1 Å². The Kier molecular flexibility index (Phi) is 3.59. The first kappa shape index (κ1) is 14.6. The van der Waals surface area contributed by atoms with Gasteiger partial charge in [0.15, 0.2) is 0 Å². The summed E-state index contributed by atoms with van der Waals surface area (Å²) < 4.78 is 5.47. The van der Waals surface area contributed by atoms with Crippen LogP contribution in [0.5, 0.6) is 0 Å². The fraction of sp³-hybridized carbons (Fsp3) is 0.500. The molecule has 0 radical (unpaired) electrons. The van der Waals surface area contributed by atoms with Crippen LogP contribution in [0.15, 0.2) is 30.3 Å². The van der Waals surface area contributed by atoms with Gasteiger partial charge in [-0.2, -0.15) is 0 Å². The van der Waals surface area contributed by atoms with Gasteiger partial charge in [-0.3, -0.25) is 4.79 Å². The van der Waals surface area contributed by atoms with Crippen LogP contribution in [-0.2, 0) is 14.3 Å². The molecule has 1 aromatic carbocycles. The van der Waals surface area contributed by atoms with Gasteiger partial charge in [-0.05, 0) is 33.3 Å². The molecular weight excluding hydrogens is 254 g/mol. The number of rotatable bonds is 2. The third-order valence-corrected chi connectivity index (χ3v) is 3.51. The lowest BCUT2D eigenvalue weighted by molar-refractivity contribution is -0.163. The summed E-state index contributed by atoms with van der Waals surface area (Å²) in [4.78, 5) is 24.3. The molecule has 20 heavy (non-hydrogen) atoms. The van der Waals surface area contributed by atoms with E-state index in [1.165, 1.54) is 0 Å². The average molecular weight is 275 g/mol. The van der Waals surface area contributed by atoms with Crippen LogP contribution >= 0.6 is 0 Å². The van der Waals surface area contributed by atoms with Crippen molar-refractivity contribution >= 4 is 11.9 Å². The lowest BCUT2D eigenvalue weighted by atomic mass is 9.81. The molecule has 1 saturated heterocycles. The van der Waals surface area contributed by atoms with E-state index in [-0.39, 0.29) is 17.8 Å². The Balaban J connectivity index is 2.32. The zero-order chi connectivity index (χ0) is 15.0. The first-order chi connectivity index (χ1) is 9.22. The third-order valence-electron chi connectivity index (χ3n) is 3.51. The molecule has 4 nitrogen and oxygen atoms in total. The van der Waals surface area contributed by atoms with Crippen LogP contribution in [0.4, 0.5) is 0 Å². The number of ether oxygens (including phenoxy) is 1. The van der Waals surface area contributed by atoms with Crippen LogP contribution in [-0.4, -0.2) is 23.0 Å². The second-order valence-electron chi connectivity index (χ2n) is 6.42. The van der Waals surface area contributed by atoms with Crippen molar-refractivity contribution < 1.29 is 14.3 Å². The fourth-order valence-electron chi connectivity index (χ4n) is 2.53. The monoisotopic (exact) mass is 275 g/mol. The summed E-state index contributed by atoms with van der Waals surface area (Å²) in [6, 6.07) is 9.61. The largest absolute Gasteiger partial charge is 0.458 e. The number of hydrogen-bond acceptors (Lipinski definition) is 3. The first-order valence-electron chi connectivity index (χ1n) is 6.82. The Morgan fingerprint density at radius 3 is 2.45 bits per heavy atom. The molecule has 2 atom stereocenters. The molecule has 2 rings (SSSR count). The van der Waals surface area contributed by atoms with E-state index in [0.717, 1.165) is 5.56 Å². The normalized spacial score (nSPS) is 26.2. The molecule has 1 N–H and O–H groups in total. The van der Waals surface area contributed by atoms with Crippen LogP contribution < -0.4 is 5.32 Å². The number of carbonyl (C=O) groups excluding carboxylic acids is 2. The van der Waals surface area contributed by atoms with E-state index in [2.05, 4.69) is 5.32 Å². The summed E-state index contributed by atoms with van der Waals surface area (Å²) in [6.45, 7) is 7.21. The van der Waals surface area contributed by atoms with Crippen molar-refractivity contribution in [2.24, 2.45) is 0 Å². The van der Waals surface area contributed by atoms with Crippen molar-refractivity contribution in [2.45, 2.75) is 51.2 Å². The van der Waals surface area contributed by atoms with Gasteiger partial charge in [0.2, 0.25) is 5.91 Å². The molecule has 1 fully saturated rings. The smallest absolute Gasteiger partial charge is 0.332 e. The summed E-state index contributed by atoms with van der Waals surface area (Å²) >= 11 is 0. The Hall–Kier alpha value is -1.84. The van der Waals surface area contributed by atoms with Gasteiger partial charge in [-0.15, -0.1) is 0 Å². The number of amides is 1. The van der Waals surface area contributed by atoms with Crippen LogP contribution in [0.1, 0.15) is 45.6 Å². The zero-order valence-electron chi connectivity index (χ0n) is 12.4. The highest BCUT2D eigenvalue weighted by molar-refractivity contribution is 5.93. The van der Waals surface area contributed by atoms with E-state index in [4.69, 9.17) is 4.74 Å². The van der Waals surface area contributed by atoms with Crippen LogP contribution in [0.2, 0.25) is 0 Å². The zero-order valence-corrected chi connectivity index (χ0v) is 12.4. The van der Waals surface area contributed by atoms with Gasteiger partial charge in [0.05, 0.1) is 0 Å². The van der Waals surface area contributed by atoms with Gasteiger partial charge in [-0.25, -0.2) is 4.79 Å². The Morgan fingerprint density at radius 1 is 1.30 bits per heavy atom. The minimum Gasteiger partial charge on any atom is -0.458 e.